The number of hydrogen-bond acceptors (Lipinski definition) is 3. The molecule has 1 aliphatic rings. The molecule has 1 N–H and O–H groups in total. The van der Waals surface area contributed by atoms with Crippen LogP contribution in [0.5, 0.6) is 0 Å². The lowest BCUT2D eigenvalue weighted by Gasteiger charge is -2.38. The number of anilines is 1. The first-order valence-electron chi connectivity index (χ1n) is 7.77. The predicted molar refractivity (Wildman–Crippen MR) is 87.0 cm³/mol. The second kappa shape index (κ2) is 6.97. The Morgan fingerprint density at radius 3 is 2.21 bits per heavy atom. The van der Waals surface area contributed by atoms with Gasteiger partial charge < -0.3 is 10.0 Å². The minimum Gasteiger partial charge on any atom is -0.480 e. The van der Waals surface area contributed by atoms with Crippen LogP contribution in [0, 0.1) is 11.6 Å². The number of benzene rings is 2. The molecule has 6 heteroatoms. The maximum Gasteiger partial charge on any atom is 0.325 e. The van der Waals surface area contributed by atoms with Crippen LogP contribution in [0.25, 0.3) is 0 Å². The Kier molecular flexibility index (Phi) is 4.76. The van der Waals surface area contributed by atoms with E-state index >= 15 is 0 Å². The Bertz CT molecular complexity index is 713. The second-order valence-electron chi connectivity index (χ2n) is 5.80. The van der Waals surface area contributed by atoms with Crippen molar-refractivity contribution in [2.75, 3.05) is 31.1 Å². The fourth-order valence-corrected chi connectivity index (χ4v) is 3.08. The maximum atomic E-state index is 13.4. The summed E-state index contributed by atoms with van der Waals surface area (Å²) in [6.45, 7) is 2.32. The molecule has 1 saturated heterocycles. The van der Waals surface area contributed by atoms with Crippen molar-refractivity contribution in [1.29, 1.82) is 0 Å². The van der Waals surface area contributed by atoms with Gasteiger partial charge in [0.2, 0.25) is 0 Å². The molecular weight excluding hydrogens is 314 g/mol. The van der Waals surface area contributed by atoms with Gasteiger partial charge in [-0.3, -0.25) is 9.69 Å². The molecular formula is C18H18F2N2O2. The molecule has 0 radical (unpaired) electrons. The van der Waals surface area contributed by atoms with Gasteiger partial charge in [-0.15, -0.1) is 0 Å². The molecule has 24 heavy (non-hydrogen) atoms. The van der Waals surface area contributed by atoms with Crippen LogP contribution in [0.15, 0.2) is 48.5 Å². The molecule has 0 spiro atoms. The third-order valence-corrected chi connectivity index (χ3v) is 4.27. The molecule has 4 nitrogen and oxygen atoms in total. The van der Waals surface area contributed by atoms with Crippen LogP contribution in [0.4, 0.5) is 14.5 Å². The Labute approximate surface area is 138 Å². The summed E-state index contributed by atoms with van der Waals surface area (Å²) in [7, 11) is 0. The van der Waals surface area contributed by atoms with Gasteiger partial charge in [0.25, 0.3) is 0 Å². The molecule has 1 aliphatic heterocycles. The van der Waals surface area contributed by atoms with Gasteiger partial charge >= 0.3 is 5.97 Å². The lowest BCUT2D eigenvalue weighted by atomic mass is 10.0. The Hall–Kier alpha value is -2.47. The van der Waals surface area contributed by atoms with Crippen molar-refractivity contribution in [2.24, 2.45) is 0 Å². The quantitative estimate of drug-likeness (QED) is 0.935. The van der Waals surface area contributed by atoms with Crippen molar-refractivity contribution in [3.05, 3.63) is 65.7 Å². The van der Waals surface area contributed by atoms with E-state index in [0.717, 1.165) is 5.69 Å². The number of aliphatic carboxylic acids is 1. The van der Waals surface area contributed by atoms with Gasteiger partial charge in [0, 0.05) is 31.9 Å². The molecule has 0 unspecified atom stereocenters. The van der Waals surface area contributed by atoms with E-state index < -0.39 is 17.8 Å². The number of rotatable bonds is 4. The fraction of sp³-hybridized carbons (Fsp3) is 0.278. The molecule has 2 aromatic carbocycles. The smallest absolute Gasteiger partial charge is 0.325 e. The number of carbonyl (C=O) groups is 1. The summed E-state index contributed by atoms with van der Waals surface area (Å²) in [5, 5.41) is 9.56. The summed E-state index contributed by atoms with van der Waals surface area (Å²) in [5.74, 6) is -1.71. The largest absolute Gasteiger partial charge is 0.480 e. The van der Waals surface area contributed by atoms with Crippen molar-refractivity contribution in [3.63, 3.8) is 0 Å². The molecule has 3 rings (SSSR count). The highest BCUT2D eigenvalue weighted by molar-refractivity contribution is 5.75. The van der Waals surface area contributed by atoms with Gasteiger partial charge in [-0.2, -0.15) is 0 Å². The molecule has 0 amide bonds. The molecule has 0 saturated carbocycles. The SMILES string of the molecule is O=C(O)[C@@H](c1cccc(F)c1)N1CCN(c2ccc(F)cc2)CC1. The summed E-state index contributed by atoms with van der Waals surface area (Å²) >= 11 is 0. The number of piperazine rings is 1. The summed E-state index contributed by atoms with van der Waals surface area (Å²) in [6.07, 6.45) is 0. The topological polar surface area (TPSA) is 43.8 Å². The minimum atomic E-state index is -0.990. The highest BCUT2D eigenvalue weighted by Crippen LogP contribution is 2.25. The van der Waals surface area contributed by atoms with Crippen LogP contribution in [-0.4, -0.2) is 42.2 Å². The van der Waals surface area contributed by atoms with E-state index in [1.54, 1.807) is 18.2 Å². The summed E-state index contributed by atoms with van der Waals surface area (Å²) < 4.78 is 26.4. The zero-order valence-corrected chi connectivity index (χ0v) is 13.0. The van der Waals surface area contributed by atoms with Crippen molar-refractivity contribution in [2.45, 2.75) is 6.04 Å². The van der Waals surface area contributed by atoms with Crippen LogP contribution in [-0.2, 0) is 4.79 Å². The first-order chi connectivity index (χ1) is 11.5. The third kappa shape index (κ3) is 3.54. The van der Waals surface area contributed by atoms with E-state index in [-0.39, 0.29) is 5.82 Å². The standard InChI is InChI=1S/C18H18F2N2O2/c19-14-4-6-16(7-5-14)21-8-10-22(11-9-21)17(18(23)24)13-2-1-3-15(20)12-13/h1-7,12,17H,8-11H2,(H,23,24)/t17-/m1/s1. The van der Waals surface area contributed by atoms with Crippen molar-refractivity contribution in [3.8, 4) is 0 Å². The number of hydrogen-bond donors (Lipinski definition) is 1. The number of nitrogens with zero attached hydrogens (tertiary/aromatic N) is 2. The fourth-order valence-electron chi connectivity index (χ4n) is 3.08. The number of carboxylic acid groups (broad SMARTS) is 1. The minimum absolute atomic E-state index is 0.283. The average Bonchev–Trinajstić information content (AvgIpc) is 2.56. The van der Waals surface area contributed by atoms with Crippen LogP contribution >= 0.6 is 0 Å². The Morgan fingerprint density at radius 1 is 0.958 bits per heavy atom. The number of carboxylic acids is 1. The highest BCUT2D eigenvalue weighted by atomic mass is 19.1. The molecule has 0 aromatic heterocycles. The van der Waals surface area contributed by atoms with E-state index in [9.17, 15) is 18.7 Å². The number of halogens is 2. The average molecular weight is 332 g/mol. The molecule has 0 bridgehead atoms. The monoisotopic (exact) mass is 332 g/mol. The zero-order valence-electron chi connectivity index (χ0n) is 13.0. The summed E-state index contributed by atoms with van der Waals surface area (Å²) in [6, 6.07) is 11.1. The van der Waals surface area contributed by atoms with Gasteiger partial charge in [-0.05, 0) is 42.0 Å². The zero-order chi connectivity index (χ0) is 17.1. The predicted octanol–water partition coefficient (Wildman–Crippen LogP) is 2.91. The molecule has 0 aliphatic carbocycles. The van der Waals surface area contributed by atoms with E-state index in [1.807, 2.05) is 4.90 Å². The summed E-state index contributed by atoms with van der Waals surface area (Å²) in [5.41, 5.74) is 1.35. The van der Waals surface area contributed by atoms with Crippen LogP contribution in [0.3, 0.4) is 0 Å². The van der Waals surface area contributed by atoms with E-state index in [0.29, 0.717) is 31.7 Å². The van der Waals surface area contributed by atoms with Gasteiger partial charge in [-0.25, -0.2) is 8.78 Å². The second-order valence-corrected chi connectivity index (χ2v) is 5.80. The van der Waals surface area contributed by atoms with E-state index in [1.165, 1.54) is 30.3 Å². The lowest BCUT2D eigenvalue weighted by Crippen LogP contribution is -2.49. The van der Waals surface area contributed by atoms with E-state index in [2.05, 4.69) is 4.90 Å². The molecule has 126 valence electrons. The third-order valence-electron chi connectivity index (χ3n) is 4.27. The summed E-state index contributed by atoms with van der Waals surface area (Å²) in [4.78, 5) is 15.6. The Morgan fingerprint density at radius 2 is 1.62 bits per heavy atom. The first-order valence-corrected chi connectivity index (χ1v) is 7.77. The van der Waals surface area contributed by atoms with Gasteiger partial charge in [0.15, 0.2) is 0 Å². The van der Waals surface area contributed by atoms with Crippen molar-refractivity contribution in [1.82, 2.24) is 4.90 Å². The van der Waals surface area contributed by atoms with Crippen molar-refractivity contribution >= 4 is 11.7 Å². The highest BCUT2D eigenvalue weighted by Gasteiger charge is 2.30. The molecule has 1 heterocycles. The van der Waals surface area contributed by atoms with Gasteiger partial charge in [0.1, 0.15) is 17.7 Å². The first kappa shape index (κ1) is 16.4. The van der Waals surface area contributed by atoms with Crippen LogP contribution in [0.1, 0.15) is 11.6 Å². The molecule has 1 fully saturated rings. The Balaban J connectivity index is 1.72. The normalized spacial score (nSPS) is 16.8. The van der Waals surface area contributed by atoms with Gasteiger partial charge in [0.05, 0.1) is 0 Å². The maximum absolute atomic E-state index is 13.4. The lowest BCUT2D eigenvalue weighted by molar-refractivity contribution is -0.143. The van der Waals surface area contributed by atoms with Crippen LogP contribution in [0.2, 0.25) is 0 Å². The van der Waals surface area contributed by atoms with Crippen molar-refractivity contribution < 1.29 is 18.7 Å². The molecule has 2 aromatic rings. The molecule has 1 atom stereocenters. The van der Waals surface area contributed by atoms with E-state index in [4.69, 9.17) is 0 Å². The van der Waals surface area contributed by atoms with Crippen LogP contribution < -0.4 is 4.90 Å². The van der Waals surface area contributed by atoms with Gasteiger partial charge in [-0.1, -0.05) is 12.1 Å².